The Balaban J connectivity index is 1.21. The van der Waals surface area contributed by atoms with Crippen LogP contribution in [0.25, 0.3) is 10.2 Å². The van der Waals surface area contributed by atoms with Crippen LogP contribution in [-0.2, 0) is 9.53 Å². The summed E-state index contributed by atoms with van der Waals surface area (Å²) in [5.41, 5.74) is 0.773. The zero-order valence-corrected chi connectivity index (χ0v) is 15.9. The molecule has 2 aromatic carbocycles. The molecule has 1 aliphatic rings. The zero-order chi connectivity index (χ0) is 18.8. The minimum Gasteiger partial charge on any atom is -0.459 e. The smallest absolute Gasteiger partial charge is 0.307 e. The van der Waals surface area contributed by atoms with E-state index in [2.05, 4.69) is 4.98 Å². The summed E-state index contributed by atoms with van der Waals surface area (Å²) < 4.78 is 32.4. The first kappa shape index (κ1) is 18.2. The molecule has 0 spiro atoms. The third-order valence-corrected chi connectivity index (χ3v) is 6.24. The number of hydrogen-bond acceptors (Lipinski definition) is 6. The number of esters is 1. The molecule has 1 fully saturated rings. The number of rotatable bonds is 6. The monoisotopic (exact) mass is 406 g/mol. The molecule has 140 valence electrons. The highest BCUT2D eigenvalue weighted by atomic mass is 32.2. The lowest BCUT2D eigenvalue weighted by molar-refractivity contribution is -0.149. The summed E-state index contributed by atoms with van der Waals surface area (Å²) >= 11 is 2.93. The van der Waals surface area contributed by atoms with Gasteiger partial charge in [-0.3, -0.25) is 4.79 Å². The Bertz CT molecular complexity index is 956. The van der Waals surface area contributed by atoms with Crippen LogP contribution >= 0.6 is 23.1 Å². The van der Waals surface area contributed by atoms with Gasteiger partial charge in [-0.25, -0.2) is 13.8 Å². The number of aromatic nitrogens is 1. The van der Waals surface area contributed by atoms with Gasteiger partial charge in [0.25, 0.3) is 0 Å². The summed E-state index contributed by atoms with van der Waals surface area (Å²) in [5.74, 6) is -0.191. The maximum Gasteiger partial charge on any atom is 0.307 e. The summed E-state index contributed by atoms with van der Waals surface area (Å²) in [6.45, 7) is 1.19. The van der Waals surface area contributed by atoms with Gasteiger partial charge in [0.2, 0.25) is 0 Å². The molecule has 0 bridgehead atoms. The van der Waals surface area contributed by atoms with Crippen LogP contribution in [0.4, 0.5) is 13.9 Å². The molecular weight excluding hydrogens is 390 g/mol. The van der Waals surface area contributed by atoms with Gasteiger partial charge in [0.1, 0.15) is 17.7 Å². The van der Waals surface area contributed by atoms with Crippen LogP contribution in [-0.4, -0.2) is 35.9 Å². The third-order valence-electron chi connectivity index (χ3n) is 4.14. The fourth-order valence-electron chi connectivity index (χ4n) is 2.72. The molecule has 0 aliphatic carbocycles. The molecule has 1 aliphatic heterocycles. The van der Waals surface area contributed by atoms with Crippen LogP contribution in [0.2, 0.25) is 0 Å². The molecule has 0 saturated carbocycles. The average molecular weight is 406 g/mol. The predicted molar refractivity (Wildman–Crippen MR) is 103 cm³/mol. The van der Waals surface area contributed by atoms with Crippen LogP contribution in [0.3, 0.4) is 0 Å². The Morgan fingerprint density at radius 3 is 2.70 bits per heavy atom. The van der Waals surface area contributed by atoms with Gasteiger partial charge in [-0.05, 0) is 42.5 Å². The Morgan fingerprint density at radius 2 is 1.93 bits per heavy atom. The lowest BCUT2D eigenvalue weighted by Gasteiger charge is -2.38. The van der Waals surface area contributed by atoms with Crippen LogP contribution < -0.4 is 4.90 Å². The maximum atomic E-state index is 13.3. The summed E-state index contributed by atoms with van der Waals surface area (Å²) in [6.07, 6.45) is 0.163. The summed E-state index contributed by atoms with van der Waals surface area (Å²) in [5, 5.41) is 0.815. The topological polar surface area (TPSA) is 42.4 Å². The number of benzene rings is 2. The van der Waals surface area contributed by atoms with Crippen LogP contribution in [0.15, 0.2) is 47.4 Å². The van der Waals surface area contributed by atoms with E-state index in [0.717, 1.165) is 20.2 Å². The second-order valence-corrected chi connectivity index (χ2v) is 8.36. The molecule has 4 nitrogen and oxygen atoms in total. The Hall–Kier alpha value is -2.19. The van der Waals surface area contributed by atoms with E-state index in [1.807, 2.05) is 4.90 Å². The van der Waals surface area contributed by atoms with Crippen LogP contribution in [0, 0.1) is 11.6 Å². The molecule has 27 heavy (non-hydrogen) atoms. The van der Waals surface area contributed by atoms with Crippen LogP contribution in [0.5, 0.6) is 0 Å². The Labute approximate surface area is 163 Å². The van der Waals surface area contributed by atoms with Crippen molar-refractivity contribution in [3.05, 3.63) is 54.1 Å². The lowest BCUT2D eigenvalue weighted by Crippen LogP contribution is -2.53. The molecule has 0 atom stereocenters. The molecule has 3 aromatic rings. The van der Waals surface area contributed by atoms with Gasteiger partial charge < -0.3 is 9.64 Å². The highest BCUT2D eigenvalue weighted by molar-refractivity contribution is 7.99. The van der Waals surface area contributed by atoms with Crippen LogP contribution in [0.1, 0.15) is 6.42 Å². The first-order valence-electron chi connectivity index (χ1n) is 8.46. The zero-order valence-electron chi connectivity index (χ0n) is 14.2. The van der Waals surface area contributed by atoms with Crippen molar-refractivity contribution >= 4 is 44.4 Å². The molecule has 8 heteroatoms. The fraction of sp³-hybridized carbons (Fsp3) is 0.263. The van der Waals surface area contributed by atoms with E-state index in [1.54, 1.807) is 18.2 Å². The molecular formula is C19H16F2N2O2S2. The standard InChI is InChI=1S/C19H16F2N2O2S2/c20-12-1-4-15(5-2-12)26-8-7-18(24)25-14-10-23(11-14)19-22-16-6-3-13(21)9-17(16)27-19/h1-6,9,14H,7-8,10-11H2. The SMILES string of the molecule is O=C(CCSc1ccc(F)cc1)OC1CN(c2nc3ccc(F)cc3s2)C1. The molecule has 0 N–H and O–H groups in total. The molecule has 1 saturated heterocycles. The first-order valence-corrected chi connectivity index (χ1v) is 10.3. The number of fused-ring (bicyclic) bond motifs is 1. The lowest BCUT2D eigenvalue weighted by atomic mass is 10.2. The minimum atomic E-state index is -0.272. The first-order chi connectivity index (χ1) is 13.1. The van der Waals surface area contributed by atoms with Gasteiger partial charge in [-0.1, -0.05) is 11.3 Å². The normalized spacial score (nSPS) is 14.4. The number of ether oxygens (including phenoxy) is 1. The number of nitrogens with zero attached hydrogens (tertiary/aromatic N) is 2. The van der Waals surface area contributed by atoms with E-state index in [4.69, 9.17) is 4.74 Å². The van der Waals surface area contributed by atoms with Gasteiger partial charge in [-0.2, -0.15) is 0 Å². The minimum absolute atomic E-state index is 0.142. The van der Waals surface area contributed by atoms with Crippen molar-refractivity contribution < 1.29 is 18.3 Å². The van der Waals surface area contributed by atoms with Gasteiger partial charge in [0, 0.05) is 10.6 Å². The fourth-order valence-corrected chi connectivity index (χ4v) is 4.56. The number of carbonyl (C=O) groups excluding carboxylic acids is 1. The summed E-state index contributed by atoms with van der Waals surface area (Å²) in [7, 11) is 0. The Kier molecular flexibility index (Phi) is 5.27. The summed E-state index contributed by atoms with van der Waals surface area (Å²) in [6, 6.07) is 10.7. The average Bonchev–Trinajstić information content (AvgIpc) is 3.02. The highest BCUT2D eigenvalue weighted by Gasteiger charge is 2.32. The number of anilines is 1. The van der Waals surface area contributed by atoms with E-state index in [0.29, 0.717) is 25.3 Å². The van der Waals surface area contributed by atoms with E-state index in [1.165, 1.54) is 47.4 Å². The molecule has 4 rings (SSSR count). The molecule has 1 aromatic heterocycles. The largest absolute Gasteiger partial charge is 0.459 e. The van der Waals surface area contributed by atoms with Crippen molar-refractivity contribution in [1.82, 2.24) is 4.98 Å². The highest BCUT2D eigenvalue weighted by Crippen LogP contribution is 2.32. The van der Waals surface area contributed by atoms with Crippen molar-refractivity contribution in [3.63, 3.8) is 0 Å². The van der Waals surface area contributed by atoms with Gasteiger partial charge in [-0.15, -0.1) is 11.8 Å². The number of hydrogen-bond donors (Lipinski definition) is 0. The summed E-state index contributed by atoms with van der Waals surface area (Å²) in [4.78, 5) is 19.4. The predicted octanol–water partition coefficient (Wildman–Crippen LogP) is 4.49. The van der Waals surface area contributed by atoms with Gasteiger partial charge >= 0.3 is 5.97 Å². The molecule has 0 radical (unpaired) electrons. The quantitative estimate of drug-likeness (QED) is 0.446. The van der Waals surface area contributed by atoms with Crippen molar-refractivity contribution in [1.29, 1.82) is 0 Å². The van der Waals surface area contributed by atoms with E-state index >= 15 is 0 Å². The molecule has 0 unspecified atom stereocenters. The number of halogens is 2. The Morgan fingerprint density at radius 1 is 1.19 bits per heavy atom. The molecule has 0 amide bonds. The van der Waals surface area contributed by atoms with Crippen molar-refractivity contribution in [2.24, 2.45) is 0 Å². The van der Waals surface area contributed by atoms with E-state index in [-0.39, 0.29) is 23.7 Å². The van der Waals surface area contributed by atoms with E-state index < -0.39 is 0 Å². The van der Waals surface area contributed by atoms with Crippen molar-refractivity contribution in [2.45, 2.75) is 17.4 Å². The van der Waals surface area contributed by atoms with Crippen molar-refractivity contribution in [3.8, 4) is 0 Å². The number of carbonyl (C=O) groups is 1. The number of thiazole rings is 1. The second-order valence-electron chi connectivity index (χ2n) is 6.18. The van der Waals surface area contributed by atoms with Gasteiger partial charge in [0.15, 0.2) is 5.13 Å². The van der Waals surface area contributed by atoms with E-state index in [9.17, 15) is 13.6 Å². The maximum absolute atomic E-state index is 13.3. The third kappa shape index (κ3) is 4.39. The second kappa shape index (κ2) is 7.82. The van der Waals surface area contributed by atoms with Crippen molar-refractivity contribution in [2.75, 3.05) is 23.7 Å². The van der Waals surface area contributed by atoms with Gasteiger partial charge in [0.05, 0.1) is 29.7 Å². The number of thioether (sulfide) groups is 1. The molecule has 2 heterocycles.